The summed E-state index contributed by atoms with van der Waals surface area (Å²) in [6.45, 7) is 1.47. The van der Waals surface area contributed by atoms with Crippen LogP contribution in [0.2, 0.25) is 0 Å². The molecular weight excluding hydrogens is 338 g/mol. The molecule has 2 aromatic carbocycles. The summed E-state index contributed by atoms with van der Waals surface area (Å²) in [5, 5.41) is 0. The van der Waals surface area contributed by atoms with Crippen molar-refractivity contribution in [3.63, 3.8) is 0 Å². The van der Waals surface area contributed by atoms with Crippen LogP contribution in [0.25, 0.3) is 0 Å². The van der Waals surface area contributed by atoms with Crippen molar-refractivity contribution in [2.75, 3.05) is 13.1 Å². The zero-order valence-corrected chi connectivity index (χ0v) is 14.2. The average molecular weight is 358 g/mol. The van der Waals surface area contributed by atoms with Gasteiger partial charge < -0.3 is 15.4 Å². The SMILES string of the molecule is NC1CCC2CN(C(=O)c3ccc(Oc4ccc(F)cc4F)cc3)CC12. The van der Waals surface area contributed by atoms with Gasteiger partial charge in [-0.3, -0.25) is 4.79 Å². The maximum atomic E-state index is 13.7. The lowest BCUT2D eigenvalue weighted by molar-refractivity contribution is 0.0779. The fourth-order valence-corrected chi connectivity index (χ4v) is 4.01. The molecule has 3 unspecified atom stereocenters. The van der Waals surface area contributed by atoms with Crippen molar-refractivity contribution in [1.29, 1.82) is 0 Å². The van der Waals surface area contributed by atoms with Crippen LogP contribution >= 0.6 is 0 Å². The van der Waals surface area contributed by atoms with E-state index in [1.807, 2.05) is 4.90 Å². The van der Waals surface area contributed by atoms with Crippen LogP contribution in [0, 0.1) is 23.5 Å². The predicted molar refractivity (Wildman–Crippen MR) is 93.0 cm³/mol. The van der Waals surface area contributed by atoms with E-state index >= 15 is 0 Å². The Balaban J connectivity index is 1.43. The molecule has 26 heavy (non-hydrogen) atoms. The highest BCUT2D eigenvalue weighted by Crippen LogP contribution is 2.37. The molecule has 0 spiro atoms. The molecule has 0 radical (unpaired) electrons. The number of benzene rings is 2. The summed E-state index contributed by atoms with van der Waals surface area (Å²) in [7, 11) is 0. The molecule has 1 amide bonds. The van der Waals surface area contributed by atoms with Crippen LogP contribution in [0.3, 0.4) is 0 Å². The number of fused-ring (bicyclic) bond motifs is 1. The molecule has 136 valence electrons. The number of carbonyl (C=O) groups is 1. The first-order valence-corrected chi connectivity index (χ1v) is 8.79. The third-order valence-electron chi connectivity index (χ3n) is 5.42. The van der Waals surface area contributed by atoms with Gasteiger partial charge in [-0.2, -0.15) is 0 Å². The topological polar surface area (TPSA) is 55.6 Å². The van der Waals surface area contributed by atoms with Crippen molar-refractivity contribution in [2.24, 2.45) is 17.6 Å². The molecule has 6 heteroatoms. The molecular formula is C20H20F2N2O2. The van der Waals surface area contributed by atoms with Crippen LogP contribution in [0.15, 0.2) is 42.5 Å². The van der Waals surface area contributed by atoms with E-state index in [0.717, 1.165) is 31.5 Å². The Morgan fingerprint density at radius 1 is 1.08 bits per heavy atom. The minimum Gasteiger partial charge on any atom is -0.454 e. The second-order valence-corrected chi connectivity index (χ2v) is 7.08. The van der Waals surface area contributed by atoms with E-state index in [9.17, 15) is 13.6 Å². The molecule has 2 aromatic rings. The number of carbonyl (C=O) groups excluding carboxylic acids is 1. The summed E-state index contributed by atoms with van der Waals surface area (Å²) in [5.74, 6) is -0.220. The van der Waals surface area contributed by atoms with Crippen LogP contribution < -0.4 is 10.5 Å². The molecule has 1 aliphatic heterocycles. The van der Waals surface area contributed by atoms with E-state index in [-0.39, 0.29) is 17.7 Å². The zero-order valence-electron chi connectivity index (χ0n) is 14.2. The molecule has 1 saturated carbocycles. The van der Waals surface area contributed by atoms with Gasteiger partial charge in [0.2, 0.25) is 0 Å². The number of ether oxygens (including phenoxy) is 1. The number of nitrogens with two attached hydrogens (primary N) is 1. The summed E-state index contributed by atoms with van der Waals surface area (Å²) in [4.78, 5) is 14.6. The van der Waals surface area contributed by atoms with Gasteiger partial charge in [-0.25, -0.2) is 8.78 Å². The van der Waals surface area contributed by atoms with Gasteiger partial charge >= 0.3 is 0 Å². The molecule has 3 atom stereocenters. The van der Waals surface area contributed by atoms with E-state index in [1.54, 1.807) is 24.3 Å². The lowest BCUT2D eigenvalue weighted by Crippen LogP contribution is -2.33. The molecule has 2 aliphatic rings. The summed E-state index contributed by atoms with van der Waals surface area (Å²) >= 11 is 0. The maximum absolute atomic E-state index is 13.7. The number of hydrogen-bond acceptors (Lipinski definition) is 3. The van der Waals surface area contributed by atoms with Crippen LogP contribution in [0.4, 0.5) is 8.78 Å². The van der Waals surface area contributed by atoms with E-state index in [1.165, 1.54) is 6.07 Å². The number of rotatable bonds is 3. The van der Waals surface area contributed by atoms with Crippen molar-refractivity contribution < 1.29 is 18.3 Å². The lowest BCUT2D eigenvalue weighted by atomic mass is 9.98. The molecule has 4 rings (SSSR count). The first-order chi connectivity index (χ1) is 12.5. The summed E-state index contributed by atoms with van der Waals surface area (Å²) in [6, 6.07) is 9.86. The molecule has 4 nitrogen and oxygen atoms in total. The molecule has 0 bridgehead atoms. The predicted octanol–water partition coefficient (Wildman–Crippen LogP) is 3.57. The molecule has 2 N–H and O–H groups in total. The number of amides is 1. The molecule has 1 heterocycles. The number of hydrogen-bond donors (Lipinski definition) is 1. The van der Waals surface area contributed by atoms with Crippen LogP contribution in [-0.4, -0.2) is 29.9 Å². The Hall–Kier alpha value is -2.47. The Labute approximate surface area is 150 Å². The second-order valence-electron chi connectivity index (χ2n) is 7.08. The standard InChI is InChI=1S/C20H20F2N2O2/c21-14-4-8-19(17(22)9-14)26-15-5-1-12(2-6-15)20(25)24-10-13-3-7-18(23)16(13)11-24/h1-2,4-6,8-9,13,16,18H,3,7,10-11,23H2. The summed E-state index contributed by atoms with van der Waals surface area (Å²) in [6.07, 6.45) is 2.13. The molecule has 2 fully saturated rings. The number of nitrogens with zero attached hydrogens (tertiary/aromatic N) is 1. The van der Waals surface area contributed by atoms with Crippen LogP contribution in [0.1, 0.15) is 23.2 Å². The van der Waals surface area contributed by atoms with Gasteiger partial charge in [0.1, 0.15) is 11.6 Å². The van der Waals surface area contributed by atoms with Gasteiger partial charge in [-0.15, -0.1) is 0 Å². The normalized spacial score (nSPS) is 24.6. The molecule has 1 saturated heterocycles. The first kappa shape index (κ1) is 17.0. The van der Waals surface area contributed by atoms with E-state index in [2.05, 4.69) is 0 Å². The highest BCUT2D eigenvalue weighted by atomic mass is 19.1. The molecule has 0 aromatic heterocycles. The minimum atomic E-state index is -0.773. The second kappa shape index (κ2) is 6.68. The van der Waals surface area contributed by atoms with Crippen molar-refractivity contribution in [3.05, 3.63) is 59.7 Å². The van der Waals surface area contributed by atoms with Gasteiger partial charge in [-0.1, -0.05) is 0 Å². The van der Waals surface area contributed by atoms with Crippen molar-refractivity contribution >= 4 is 5.91 Å². The average Bonchev–Trinajstić information content (AvgIpc) is 3.20. The van der Waals surface area contributed by atoms with Crippen molar-refractivity contribution in [2.45, 2.75) is 18.9 Å². The Morgan fingerprint density at radius 2 is 1.85 bits per heavy atom. The Bertz CT molecular complexity index is 825. The smallest absolute Gasteiger partial charge is 0.253 e. The third kappa shape index (κ3) is 3.17. The fraction of sp³-hybridized carbons (Fsp3) is 0.350. The molecule has 1 aliphatic carbocycles. The van der Waals surface area contributed by atoms with Crippen molar-refractivity contribution in [1.82, 2.24) is 4.90 Å². The van der Waals surface area contributed by atoms with Crippen LogP contribution in [0.5, 0.6) is 11.5 Å². The monoisotopic (exact) mass is 358 g/mol. The number of halogens is 2. The largest absolute Gasteiger partial charge is 0.454 e. The van der Waals surface area contributed by atoms with Crippen molar-refractivity contribution in [3.8, 4) is 11.5 Å². The zero-order chi connectivity index (χ0) is 18.3. The van der Waals surface area contributed by atoms with Gasteiger partial charge in [0.15, 0.2) is 11.6 Å². The summed E-state index contributed by atoms with van der Waals surface area (Å²) in [5.41, 5.74) is 6.69. The number of likely N-dealkylation sites (tertiary alicyclic amines) is 1. The third-order valence-corrected chi connectivity index (χ3v) is 5.42. The van der Waals surface area contributed by atoms with Gasteiger partial charge in [0.05, 0.1) is 0 Å². The summed E-state index contributed by atoms with van der Waals surface area (Å²) < 4.78 is 32.0. The van der Waals surface area contributed by atoms with Crippen LogP contribution in [-0.2, 0) is 0 Å². The van der Waals surface area contributed by atoms with Gasteiger partial charge in [-0.05, 0) is 61.1 Å². The lowest BCUT2D eigenvalue weighted by Gasteiger charge is -2.19. The maximum Gasteiger partial charge on any atom is 0.253 e. The fourth-order valence-electron chi connectivity index (χ4n) is 4.01. The van der Waals surface area contributed by atoms with E-state index < -0.39 is 11.6 Å². The Morgan fingerprint density at radius 3 is 2.54 bits per heavy atom. The Kier molecular flexibility index (Phi) is 4.36. The first-order valence-electron chi connectivity index (χ1n) is 8.79. The van der Waals surface area contributed by atoms with Gasteiger partial charge in [0, 0.05) is 30.8 Å². The van der Waals surface area contributed by atoms with E-state index in [4.69, 9.17) is 10.5 Å². The minimum absolute atomic E-state index is 0.0221. The quantitative estimate of drug-likeness (QED) is 0.913. The highest BCUT2D eigenvalue weighted by molar-refractivity contribution is 5.94. The highest BCUT2D eigenvalue weighted by Gasteiger charge is 2.42. The van der Waals surface area contributed by atoms with Gasteiger partial charge in [0.25, 0.3) is 5.91 Å². The van der Waals surface area contributed by atoms with E-state index in [0.29, 0.717) is 29.7 Å².